The van der Waals surface area contributed by atoms with Crippen LogP contribution < -0.4 is 5.32 Å². The molecule has 10 heteroatoms. The number of carbonyl (C=O) groups is 3. The normalized spacial score (nSPS) is 17.2. The Morgan fingerprint density at radius 3 is 2.43 bits per heavy atom. The van der Waals surface area contributed by atoms with Crippen LogP contribution in [0.25, 0.3) is 11.1 Å². The zero-order chi connectivity index (χ0) is 24.5. The minimum atomic E-state index is -1.10. The molecule has 10 nitrogen and oxygen atoms in total. The number of aromatic nitrogens is 3. The van der Waals surface area contributed by atoms with Crippen LogP contribution >= 0.6 is 0 Å². The van der Waals surface area contributed by atoms with Crippen LogP contribution in [-0.2, 0) is 27.4 Å². The minimum absolute atomic E-state index is 0.0491. The molecule has 2 aliphatic rings. The Kier molecular flexibility index (Phi) is 5.94. The molecular formula is C25H25N5O5. The predicted octanol–water partition coefficient (Wildman–Crippen LogP) is 2.39. The van der Waals surface area contributed by atoms with Gasteiger partial charge in [-0.15, -0.1) is 10.2 Å². The van der Waals surface area contributed by atoms with E-state index in [1.165, 1.54) is 11.2 Å². The third kappa shape index (κ3) is 4.34. The van der Waals surface area contributed by atoms with Crippen molar-refractivity contribution in [1.82, 2.24) is 25.0 Å². The number of carbonyl (C=O) groups excluding carboxylic acids is 2. The van der Waals surface area contributed by atoms with Gasteiger partial charge in [0.25, 0.3) is 0 Å². The number of hydrogen-bond donors (Lipinski definition) is 2. The van der Waals surface area contributed by atoms with Gasteiger partial charge in [0.15, 0.2) is 5.82 Å². The summed E-state index contributed by atoms with van der Waals surface area (Å²) in [6.45, 7) is 1.98. The number of nitrogens with zero attached hydrogens (tertiary/aromatic N) is 4. The van der Waals surface area contributed by atoms with Gasteiger partial charge < -0.3 is 24.6 Å². The molecule has 1 aliphatic heterocycles. The highest BCUT2D eigenvalue weighted by atomic mass is 16.5. The molecule has 1 aromatic heterocycles. The van der Waals surface area contributed by atoms with Crippen molar-refractivity contribution in [3.05, 3.63) is 71.8 Å². The van der Waals surface area contributed by atoms with E-state index >= 15 is 0 Å². The number of alkyl carbamates (subject to hydrolysis) is 1. The zero-order valence-corrected chi connectivity index (χ0v) is 19.1. The molecule has 180 valence electrons. The van der Waals surface area contributed by atoms with Crippen molar-refractivity contribution in [2.24, 2.45) is 0 Å². The highest BCUT2D eigenvalue weighted by Gasteiger charge is 2.36. The number of amides is 2. The summed E-state index contributed by atoms with van der Waals surface area (Å²) < 4.78 is 7.17. The van der Waals surface area contributed by atoms with Crippen molar-refractivity contribution in [3.8, 4) is 11.1 Å². The second-order valence-electron chi connectivity index (χ2n) is 8.85. The van der Waals surface area contributed by atoms with Crippen LogP contribution in [0.2, 0.25) is 0 Å². The van der Waals surface area contributed by atoms with Crippen LogP contribution in [0.5, 0.6) is 0 Å². The van der Waals surface area contributed by atoms with Crippen LogP contribution in [0.15, 0.2) is 54.9 Å². The van der Waals surface area contributed by atoms with Gasteiger partial charge in [-0.2, -0.15) is 0 Å². The van der Waals surface area contributed by atoms with E-state index in [-0.39, 0.29) is 32.0 Å². The summed E-state index contributed by atoms with van der Waals surface area (Å²) in [6, 6.07) is 14.6. The van der Waals surface area contributed by atoms with Crippen molar-refractivity contribution >= 4 is 18.0 Å². The van der Waals surface area contributed by atoms with E-state index in [1.54, 1.807) is 11.5 Å². The van der Waals surface area contributed by atoms with Crippen molar-refractivity contribution in [3.63, 3.8) is 0 Å². The number of carboxylic acid groups (broad SMARTS) is 1. The first-order valence-electron chi connectivity index (χ1n) is 11.4. The van der Waals surface area contributed by atoms with Gasteiger partial charge in [0.05, 0.1) is 13.1 Å². The van der Waals surface area contributed by atoms with Crippen LogP contribution in [0.3, 0.4) is 0 Å². The van der Waals surface area contributed by atoms with Crippen molar-refractivity contribution in [1.29, 1.82) is 0 Å². The maximum atomic E-state index is 12.9. The molecule has 0 fully saturated rings. The molecule has 0 bridgehead atoms. The molecule has 0 saturated carbocycles. The molecular weight excluding hydrogens is 450 g/mol. The van der Waals surface area contributed by atoms with E-state index in [0.717, 1.165) is 22.3 Å². The van der Waals surface area contributed by atoms with Crippen LogP contribution in [0.4, 0.5) is 4.79 Å². The lowest BCUT2D eigenvalue weighted by atomic mass is 9.98. The number of fused-ring (bicyclic) bond motifs is 4. The molecule has 0 saturated heterocycles. The number of carboxylic acids is 1. The fourth-order valence-corrected chi connectivity index (χ4v) is 4.85. The van der Waals surface area contributed by atoms with E-state index in [2.05, 4.69) is 27.6 Å². The SMILES string of the molecule is C[C@H](CC(=O)N1Cc2nncn2CC1C(=O)O)NC(=O)OCC1c2ccccc2-c2ccccc21. The Balaban J connectivity index is 1.18. The topological polar surface area (TPSA) is 127 Å². The number of hydrogen-bond acceptors (Lipinski definition) is 6. The fraction of sp³-hybridized carbons (Fsp3) is 0.320. The summed E-state index contributed by atoms with van der Waals surface area (Å²) in [7, 11) is 0. The third-order valence-electron chi connectivity index (χ3n) is 6.55. The average Bonchev–Trinajstić information content (AvgIpc) is 3.43. The Bertz CT molecular complexity index is 1240. The minimum Gasteiger partial charge on any atom is -0.480 e. The lowest BCUT2D eigenvalue weighted by Crippen LogP contribution is -2.51. The van der Waals surface area contributed by atoms with Crippen molar-refractivity contribution < 1.29 is 24.2 Å². The number of nitrogens with one attached hydrogen (secondary N) is 1. The first-order chi connectivity index (χ1) is 16.9. The first kappa shape index (κ1) is 22.6. The van der Waals surface area contributed by atoms with Gasteiger partial charge in [-0.25, -0.2) is 9.59 Å². The number of ether oxygens (including phenoxy) is 1. The van der Waals surface area contributed by atoms with E-state index in [0.29, 0.717) is 5.82 Å². The van der Waals surface area contributed by atoms with Crippen LogP contribution in [-0.4, -0.2) is 61.4 Å². The van der Waals surface area contributed by atoms with Crippen molar-refractivity contribution in [2.75, 3.05) is 6.61 Å². The summed E-state index contributed by atoms with van der Waals surface area (Å²) in [5.41, 5.74) is 4.51. The summed E-state index contributed by atoms with van der Waals surface area (Å²) >= 11 is 0. The lowest BCUT2D eigenvalue weighted by molar-refractivity contribution is -0.153. The third-order valence-corrected chi connectivity index (χ3v) is 6.55. The molecule has 2 N–H and O–H groups in total. The molecule has 3 aromatic rings. The summed E-state index contributed by atoms with van der Waals surface area (Å²) in [4.78, 5) is 38.4. The lowest BCUT2D eigenvalue weighted by Gasteiger charge is -2.33. The van der Waals surface area contributed by atoms with Gasteiger partial charge in [-0.1, -0.05) is 48.5 Å². The molecule has 35 heavy (non-hydrogen) atoms. The molecule has 0 spiro atoms. The summed E-state index contributed by atoms with van der Waals surface area (Å²) in [6.07, 6.45) is 0.761. The number of aliphatic carboxylic acids is 1. The van der Waals surface area contributed by atoms with E-state index in [1.807, 2.05) is 36.4 Å². The van der Waals surface area contributed by atoms with E-state index < -0.39 is 30.1 Å². The summed E-state index contributed by atoms with van der Waals surface area (Å²) in [5, 5.41) is 20.0. The van der Waals surface area contributed by atoms with E-state index in [4.69, 9.17) is 4.74 Å². The number of rotatable bonds is 6. The maximum absolute atomic E-state index is 12.9. The molecule has 2 amide bonds. The Morgan fingerprint density at radius 2 is 1.77 bits per heavy atom. The van der Waals surface area contributed by atoms with Crippen LogP contribution in [0, 0.1) is 0 Å². The molecule has 5 rings (SSSR count). The van der Waals surface area contributed by atoms with Gasteiger partial charge in [-0.05, 0) is 29.2 Å². The maximum Gasteiger partial charge on any atom is 0.407 e. The Labute approximate surface area is 201 Å². The van der Waals surface area contributed by atoms with Crippen LogP contribution in [0.1, 0.15) is 36.2 Å². The van der Waals surface area contributed by atoms with Gasteiger partial charge in [0, 0.05) is 18.4 Å². The van der Waals surface area contributed by atoms with E-state index in [9.17, 15) is 19.5 Å². The molecule has 2 heterocycles. The quantitative estimate of drug-likeness (QED) is 0.560. The molecule has 0 radical (unpaired) electrons. The Hall–Kier alpha value is -4.21. The van der Waals surface area contributed by atoms with Gasteiger partial charge in [-0.3, -0.25) is 4.79 Å². The second kappa shape index (κ2) is 9.21. The van der Waals surface area contributed by atoms with Crippen molar-refractivity contribution in [2.45, 2.75) is 44.4 Å². The average molecular weight is 476 g/mol. The summed E-state index contributed by atoms with van der Waals surface area (Å²) in [5.74, 6) is -1.03. The fourth-order valence-electron chi connectivity index (χ4n) is 4.85. The highest BCUT2D eigenvalue weighted by Crippen LogP contribution is 2.44. The smallest absolute Gasteiger partial charge is 0.407 e. The zero-order valence-electron chi connectivity index (χ0n) is 19.1. The standard InChI is InChI=1S/C25H25N5O5/c1-15(10-23(31)30-12-22-28-26-14-29(22)11-21(30)24(32)33)27-25(34)35-13-20-18-8-4-2-6-16(18)17-7-3-5-9-19(17)20/h2-9,14-15,20-21H,10-13H2,1H3,(H,27,34)(H,32,33)/t15-,21?/m1/s1. The molecule has 1 unspecified atom stereocenters. The predicted molar refractivity (Wildman–Crippen MR) is 124 cm³/mol. The molecule has 2 aromatic carbocycles. The molecule has 1 aliphatic carbocycles. The highest BCUT2D eigenvalue weighted by molar-refractivity contribution is 5.84. The second-order valence-corrected chi connectivity index (χ2v) is 8.85. The Morgan fingerprint density at radius 1 is 1.11 bits per heavy atom. The van der Waals surface area contributed by atoms with Gasteiger partial charge >= 0.3 is 12.1 Å². The van der Waals surface area contributed by atoms with Gasteiger partial charge in [0.1, 0.15) is 19.0 Å². The number of benzene rings is 2. The largest absolute Gasteiger partial charge is 0.480 e. The first-order valence-corrected chi connectivity index (χ1v) is 11.4. The molecule has 2 atom stereocenters. The van der Waals surface area contributed by atoms with Gasteiger partial charge in [0.2, 0.25) is 5.91 Å². The monoisotopic (exact) mass is 475 g/mol.